The summed E-state index contributed by atoms with van der Waals surface area (Å²) in [5.41, 5.74) is 0.622. The minimum absolute atomic E-state index is 0. The fourth-order valence-electron chi connectivity index (χ4n) is 2.95. The molecule has 0 aromatic heterocycles. The van der Waals surface area contributed by atoms with Gasteiger partial charge in [0, 0.05) is 18.5 Å². The van der Waals surface area contributed by atoms with Gasteiger partial charge in [0.15, 0.2) is 0 Å². The molecular weight excluding hydrogens is 291 g/mol. The molecule has 0 saturated heterocycles. The van der Waals surface area contributed by atoms with Gasteiger partial charge < -0.3 is 10.6 Å². The number of rotatable bonds is 6. The quantitative estimate of drug-likeness (QED) is 0.846. The van der Waals surface area contributed by atoms with Gasteiger partial charge in [-0.3, -0.25) is 4.79 Å². The number of hydrogen-bond acceptors (Lipinski definition) is 2. The Bertz CT molecular complexity index is 450. The first-order valence-corrected chi connectivity index (χ1v) is 7.40. The van der Waals surface area contributed by atoms with Crippen molar-refractivity contribution in [3.05, 3.63) is 35.6 Å². The molecule has 1 saturated carbocycles. The van der Waals surface area contributed by atoms with Gasteiger partial charge >= 0.3 is 0 Å². The lowest BCUT2D eigenvalue weighted by Gasteiger charge is -2.25. The van der Waals surface area contributed by atoms with Crippen LogP contribution in [0.25, 0.3) is 0 Å². The van der Waals surface area contributed by atoms with Gasteiger partial charge in [0.05, 0.1) is 6.04 Å². The van der Waals surface area contributed by atoms with E-state index in [0.717, 1.165) is 12.8 Å². The van der Waals surface area contributed by atoms with E-state index in [0.29, 0.717) is 24.4 Å². The minimum atomic E-state index is -0.224. The summed E-state index contributed by atoms with van der Waals surface area (Å²) in [7, 11) is 1.82. The number of hydrogen-bond donors (Lipinski definition) is 2. The van der Waals surface area contributed by atoms with Gasteiger partial charge in [-0.25, -0.2) is 4.39 Å². The van der Waals surface area contributed by atoms with E-state index in [-0.39, 0.29) is 30.2 Å². The highest BCUT2D eigenvalue weighted by atomic mass is 35.5. The average Bonchev–Trinajstić information content (AvgIpc) is 2.97. The molecule has 2 N–H and O–H groups in total. The van der Waals surface area contributed by atoms with Gasteiger partial charge in [0.25, 0.3) is 0 Å². The van der Waals surface area contributed by atoms with Crippen molar-refractivity contribution >= 4 is 18.3 Å². The molecule has 1 fully saturated rings. The number of benzene rings is 1. The maximum absolute atomic E-state index is 14.0. The molecule has 0 radical (unpaired) electrons. The van der Waals surface area contributed by atoms with Crippen LogP contribution >= 0.6 is 12.4 Å². The molecule has 3 nitrogen and oxygen atoms in total. The van der Waals surface area contributed by atoms with Crippen molar-refractivity contribution in [2.75, 3.05) is 13.6 Å². The molecule has 1 unspecified atom stereocenters. The van der Waals surface area contributed by atoms with E-state index in [4.69, 9.17) is 0 Å². The van der Waals surface area contributed by atoms with Crippen LogP contribution in [0.3, 0.4) is 0 Å². The highest BCUT2D eigenvalue weighted by Gasteiger charge is 2.29. The van der Waals surface area contributed by atoms with E-state index in [1.165, 1.54) is 18.9 Å². The van der Waals surface area contributed by atoms with E-state index in [1.54, 1.807) is 12.1 Å². The predicted octanol–water partition coefficient (Wildman–Crippen LogP) is 3.20. The Balaban J connectivity index is 0.00000220. The maximum atomic E-state index is 14.0. The normalized spacial score (nSPS) is 16.3. The zero-order valence-electron chi connectivity index (χ0n) is 12.4. The second kappa shape index (κ2) is 9.00. The first-order chi connectivity index (χ1) is 9.72. The molecule has 118 valence electrons. The minimum Gasteiger partial charge on any atom is -0.349 e. The van der Waals surface area contributed by atoms with Crippen LogP contribution in [0.1, 0.15) is 43.7 Å². The van der Waals surface area contributed by atoms with Crippen LogP contribution in [0.5, 0.6) is 0 Å². The number of carbonyl (C=O) groups excluding carboxylic acids is 1. The Morgan fingerprint density at radius 1 is 1.33 bits per heavy atom. The van der Waals surface area contributed by atoms with Crippen molar-refractivity contribution in [1.29, 1.82) is 0 Å². The summed E-state index contributed by atoms with van der Waals surface area (Å²) in [6, 6.07) is 6.59. The first kappa shape index (κ1) is 17.9. The Hall–Kier alpha value is -1.13. The lowest BCUT2D eigenvalue weighted by molar-refractivity contribution is -0.122. The van der Waals surface area contributed by atoms with Crippen molar-refractivity contribution in [1.82, 2.24) is 10.6 Å². The van der Waals surface area contributed by atoms with Crippen molar-refractivity contribution in [2.24, 2.45) is 5.92 Å². The van der Waals surface area contributed by atoms with Gasteiger partial charge in [-0.1, -0.05) is 31.0 Å². The SMILES string of the molecule is CNCCC(=O)NC(c1ccccc1F)C1CCCC1.Cl. The molecule has 1 aliphatic carbocycles. The topological polar surface area (TPSA) is 41.1 Å². The summed E-state index contributed by atoms with van der Waals surface area (Å²) < 4.78 is 14.0. The molecule has 1 aromatic carbocycles. The van der Waals surface area contributed by atoms with E-state index in [1.807, 2.05) is 13.1 Å². The Kier molecular flexibility index (Phi) is 7.68. The molecule has 1 atom stereocenters. The third kappa shape index (κ3) is 4.97. The Labute approximate surface area is 132 Å². The molecular formula is C16H24ClFN2O. The highest BCUT2D eigenvalue weighted by molar-refractivity contribution is 5.85. The summed E-state index contributed by atoms with van der Waals surface area (Å²) >= 11 is 0. The fraction of sp³-hybridized carbons (Fsp3) is 0.562. The van der Waals surface area contributed by atoms with Gasteiger partial charge in [-0.15, -0.1) is 12.4 Å². The first-order valence-electron chi connectivity index (χ1n) is 7.40. The molecule has 0 spiro atoms. The molecule has 0 heterocycles. The standard InChI is InChI=1S/C16H23FN2O.ClH/c1-18-11-10-15(20)19-16(12-6-2-3-7-12)13-8-4-5-9-14(13)17;/h4-5,8-9,12,16,18H,2-3,6-7,10-11H2,1H3,(H,19,20);1H. The van der Waals surface area contributed by atoms with Gasteiger partial charge in [-0.2, -0.15) is 0 Å². The summed E-state index contributed by atoms with van der Waals surface area (Å²) in [6.07, 6.45) is 4.88. The van der Waals surface area contributed by atoms with Crippen LogP contribution in [-0.2, 0) is 4.79 Å². The van der Waals surface area contributed by atoms with Crippen molar-refractivity contribution in [3.8, 4) is 0 Å². The highest BCUT2D eigenvalue weighted by Crippen LogP contribution is 2.36. The van der Waals surface area contributed by atoms with Crippen LogP contribution in [0.4, 0.5) is 4.39 Å². The van der Waals surface area contributed by atoms with E-state index in [9.17, 15) is 9.18 Å². The Morgan fingerprint density at radius 2 is 2.00 bits per heavy atom. The third-order valence-corrected chi connectivity index (χ3v) is 4.03. The molecule has 1 amide bonds. The number of nitrogens with one attached hydrogen (secondary N) is 2. The Morgan fingerprint density at radius 3 is 2.62 bits per heavy atom. The van der Waals surface area contributed by atoms with Crippen LogP contribution < -0.4 is 10.6 Å². The largest absolute Gasteiger partial charge is 0.349 e. The van der Waals surface area contributed by atoms with Crippen LogP contribution in [0, 0.1) is 11.7 Å². The number of carbonyl (C=O) groups is 1. The van der Waals surface area contributed by atoms with Gasteiger partial charge in [-0.05, 0) is 31.9 Å². The average molecular weight is 315 g/mol. The third-order valence-electron chi connectivity index (χ3n) is 4.03. The van der Waals surface area contributed by atoms with Gasteiger partial charge in [0.2, 0.25) is 5.91 Å². The molecule has 0 bridgehead atoms. The maximum Gasteiger partial charge on any atom is 0.221 e. The lowest BCUT2D eigenvalue weighted by atomic mass is 9.91. The predicted molar refractivity (Wildman–Crippen MR) is 85.0 cm³/mol. The monoisotopic (exact) mass is 314 g/mol. The summed E-state index contributed by atoms with van der Waals surface area (Å²) in [6.45, 7) is 0.639. The second-order valence-electron chi connectivity index (χ2n) is 5.46. The summed E-state index contributed by atoms with van der Waals surface area (Å²) in [5.74, 6) is 0.114. The molecule has 1 aromatic rings. The van der Waals surface area contributed by atoms with E-state index < -0.39 is 0 Å². The van der Waals surface area contributed by atoms with Crippen LogP contribution in [0.2, 0.25) is 0 Å². The fourth-order valence-corrected chi connectivity index (χ4v) is 2.95. The van der Waals surface area contributed by atoms with E-state index >= 15 is 0 Å². The molecule has 0 aliphatic heterocycles. The summed E-state index contributed by atoms with van der Waals surface area (Å²) in [5, 5.41) is 5.99. The van der Waals surface area contributed by atoms with Crippen LogP contribution in [-0.4, -0.2) is 19.5 Å². The molecule has 5 heteroatoms. The molecule has 1 aliphatic rings. The van der Waals surface area contributed by atoms with Crippen LogP contribution in [0.15, 0.2) is 24.3 Å². The second-order valence-corrected chi connectivity index (χ2v) is 5.46. The number of halogens is 2. The summed E-state index contributed by atoms with van der Waals surface area (Å²) in [4.78, 5) is 12.0. The van der Waals surface area contributed by atoms with Crippen molar-refractivity contribution in [2.45, 2.75) is 38.1 Å². The lowest BCUT2D eigenvalue weighted by Crippen LogP contribution is -2.34. The molecule has 21 heavy (non-hydrogen) atoms. The zero-order chi connectivity index (χ0) is 14.4. The van der Waals surface area contributed by atoms with Crippen molar-refractivity contribution < 1.29 is 9.18 Å². The smallest absolute Gasteiger partial charge is 0.221 e. The number of amides is 1. The van der Waals surface area contributed by atoms with Crippen molar-refractivity contribution in [3.63, 3.8) is 0 Å². The zero-order valence-corrected chi connectivity index (χ0v) is 13.2. The molecule has 2 rings (SSSR count). The van der Waals surface area contributed by atoms with E-state index in [2.05, 4.69) is 10.6 Å². The van der Waals surface area contributed by atoms with Gasteiger partial charge in [0.1, 0.15) is 5.82 Å².